The van der Waals surface area contributed by atoms with Crippen molar-refractivity contribution in [1.82, 2.24) is 0 Å². The summed E-state index contributed by atoms with van der Waals surface area (Å²) in [6, 6.07) is 12.2. The van der Waals surface area contributed by atoms with Gasteiger partial charge in [-0.05, 0) is 36.4 Å². The Kier molecular flexibility index (Phi) is 5.66. The van der Waals surface area contributed by atoms with Crippen LogP contribution in [0.4, 0.5) is 11.4 Å². The van der Waals surface area contributed by atoms with Crippen LogP contribution in [-0.4, -0.2) is 33.0 Å². The summed E-state index contributed by atoms with van der Waals surface area (Å²) in [4.78, 5) is 23.2. The number of carbonyl (C=O) groups is 2. The average Bonchev–Trinajstić information content (AvgIpc) is 2.53. The summed E-state index contributed by atoms with van der Waals surface area (Å²) in [5, 5.41) is 2.77. The number of hydrogen-bond acceptors (Lipinski definition) is 4. The molecule has 0 aliphatic rings. The van der Waals surface area contributed by atoms with E-state index in [1.807, 2.05) is 0 Å². The molecule has 0 spiro atoms. The van der Waals surface area contributed by atoms with Crippen LogP contribution in [0.15, 0.2) is 48.5 Å². The molecule has 0 atom stereocenters. The van der Waals surface area contributed by atoms with Gasteiger partial charge >= 0.3 is 0 Å². The smallest absolute Gasteiger partial charge is 0.248 e. The minimum atomic E-state index is -3.72. The predicted octanol–water partition coefficient (Wildman–Crippen LogP) is 1.84. The largest absolute Gasteiger partial charge is 0.366 e. The average molecular weight is 382 g/mol. The van der Waals surface area contributed by atoms with E-state index in [-0.39, 0.29) is 10.7 Å². The fourth-order valence-electron chi connectivity index (χ4n) is 2.08. The van der Waals surface area contributed by atoms with Gasteiger partial charge in [0.05, 0.1) is 17.0 Å². The summed E-state index contributed by atoms with van der Waals surface area (Å²) in [5.41, 5.74) is 6.06. The number of nitrogens with zero attached hydrogens (tertiary/aromatic N) is 1. The molecular formula is C16H16ClN3O4S. The second-order valence-corrected chi connectivity index (χ2v) is 7.52. The van der Waals surface area contributed by atoms with Gasteiger partial charge in [0, 0.05) is 11.3 Å². The molecule has 2 rings (SSSR count). The number of nitrogens with one attached hydrogen (secondary N) is 1. The van der Waals surface area contributed by atoms with Crippen molar-refractivity contribution in [3.63, 3.8) is 0 Å². The summed E-state index contributed by atoms with van der Waals surface area (Å²) in [7, 11) is -3.72. The standard InChI is InChI=1S/C16H16ClN3O4S/c1-25(23,24)20(14-5-3-2-4-13(14)17)10-15(21)19-12-8-6-11(7-9-12)16(18)22/h2-9H,10H2,1H3,(H2,18,22)(H,19,21). The van der Waals surface area contributed by atoms with Crippen molar-refractivity contribution in [3.05, 3.63) is 59.1 Å². The zero-order chi connectivity index (χ0) is 18.6. The van der Waals surface area contributed by atoms with Crippen molar-refractivity contribution in [1.29, 1.82) is 0 Å². The molecule has 0 saturated heterocycles. The molecule has 25 heavy (non-hydrogen) atoms. The van der Waals surface area contributed by atoms with Gasteiger partial charge in [-0.2, -0.15) is 0 Å². The molecular weight excluding hydrogens is 366 g/mol. The van der Waals surface area contributed by atoms with Crippen LogP contribution in [0.25, 0.3) is 0 Å². The monoisotopic (exact) mass is 381 g/mol. The topological polar surface area (TPSA) is 110 Å². The third-order valence-corrected chi connectivity index (χ3v) is 4.71. The van der Waals surface area contributed by atoms with Gasteiger partial charge in [0.2, 0.25) is 21.8 Å². The molecule has 3 N–H and O–H groups in total. The third kappa shape index (κ3) is 4.94. The minimum absolute atomic E-state index is 0.214. The van der Waals surface area contributed by atoms with Gasteiger partial charge in [-0.15, -0.1) is 0 Å². The van der Waals surface area contributed by atoms with E-state index in [4.69, 9.17) is 17.3 Å². The van der Waals surface area contributed by atoms with Crippen molar-refractivity contribution < 1.29 is 18.0 Å². The Morgan fingerprint density at radius 2 is 1.72 bits per heavy atom. The van der Waals surface area contributed by atoms with Crippen molar-refractivity contribution in [2.24, 2.45) is 5.73 Å². The van der Waals surface area contributed by atoms with E-state index in [9.17, 15) is 18.0 Å². The number of rotatable bonds is 6. The van der Waals surface area contributed by atoms with Gasteiger partial charge in [0.15, 0.2) is 0 Å². The highest BCUT2D eigenvalue weighted by molar-refractivity contribution is 7.92. The Balaban J connectivity index is 2.18. The summed E-state index contributed by atoms with van der Waals surface area (Å²) >= 11 is 6.03. The molecule has 0 radical (unpaired) electrons. The quantitative estimate of drug-likeness (QED) is 0.795. The molecule has 0 bridgehead atoms. The van der Waals surface area contributed by atoms with Gasteiger partial charge < -0.3 is 11.1 Å². The highest BCUT2D eigenvalue weighted by Crippen LogP contribution is 2.27. The van der Waals surface area contributed by atoms with E-state index in [2.05, 4.69) is 5.32 Å². The maximum Gasteiger partial charge on any atom is 0.248 e. The normalized spacial score (nSPS) is 11.0. The number of halogens is 1. The summed E-state index contributed by atoms with van der Waals surface area (Å²) in [5.74, 6) is -1.14. The molecule has 0 unspecified atom stereocenters. The van der Waals surface area contributed by atoms with Crippen molar-refractivity contribution in [2.45, 2.75) is 0 Å². The molecule has 7 nitrogen and oxygen atoms in total. The van der Waals surface area contributed by atoms with Crippen LogP contribution in [0.5, 0.6) is 0 Å². The lowest BCUT2D eigenvalue weighted by Gasteiger charge is -2.22. The summed E-state index contributed by atoms with van der Waals surface area (Å²) < 4.78 is 25.0. The van der Waals surface area contributed by atoms with E-state index >= 15 is 0 Å². The second kappa shape index (κ2) is 7.54. The maximum absolute atomic E-state index is 12.2. The molecule has 2 amide bonds. The molecule has 0 saturated carbocycles. The van der Waals surface area contributed by atoms with Crippen molar-refractivity contribution in [2.75, 3.05) is 22.4 Å². The molecule has 2 aromatic rings. The molecule has 132 valence electrons. The van der Waals surface area contributed by atoms with Gasteiger partial charge in [-0.25, -0.2) is 8.42 Å². The number of carbonyl (C=O) groups excluding carboxylic acids is 2. The predicted molar refractivity (Wildman–Crippen MR) is 97.2 cm³/mol. The van der Waals surface area contributed by atoms with Crippen LogP contribution >= 0.6 is 11.6 Å². The third-order valence-electron chi connectivity index (χ3n) is 3.26. The van der Waals surface area contributed by atoms with Crippen molar-refractivity contribution in [3.8, 4) is 0 Å². The van der Waals surface area contributed by atoms with Gasteiger partial charge in [-0.3, -0.25) is 13.9 Å². The fourth-order valence-corrected chi connectivity index (χ4v) is 3.24. The van der Waals surface area contributed by atoms with Crippen LogP contribution in [0.2, 0.25) is 5.02 Å². The van der Waals surface area contributed by atoms with E-state index in [1.54, 1.807) is 12.1 Å². The molecule has 0 aliphatic carbocycles. The lowest BCUT2D eigenvalue weighted by atomic mass is 10.2. The number of sulfonamides is 1. The van der Waals surface area contributed by atoms with E-state index < -0.39 is 28.4 Å². The number of anilines is 2. The highest BCUT2D eigenvalue weighted by Gasteiger charge is 2.22. The van der Waals surface area contributed by atoms with Crippen LogP contribution in [-0.2, 0) is 14.8 Å². The van der Waals surface area contributed by atoms with Crippen LogP contribution in [0.1, 0.15) is 10.4 Å². The van der Waals surface area contributed by atoms with E-state index in [1.165, 1.54) is 36.4 Å². The van der Waals surface area contributed by atoms with E-state index in [0.29, 0.717) is 11.3 Å². The lowest BCUT2D eigenvalue weighted by molar-refractivity contribution is -0.114. The molecule has 0 aliphatic heterocycles. The number of benzene rings is 2. The Morgan fingerprint density at radius 1 is 1.12 bits per heavy atom. The first-order valence-corrected chi connectivity index (χ1v) is 9.33. The molecule has 0 aromatic heterocycles. The first kappa shape index (κ1) is 18.8. The van der Waals surface area contributed by atoms with Crippen molar-refractivity contribution >= 4 is 44.8 Å². The number of hydrogen-bond donors (Lipinski definition) is 2. The lowest BCUT2D eigenvalue weighted by Crippen LogP contribution is -2.37. The van der Waals surface area contributed by atoms with Crippen LogP contribution < -0.4 is 15.4 Å². The zero-order valence-corrected chi connectivity index (χ0v) is 14.8. The SMILES string of the molecule is CS(=O)(=O)N(CC(=O)Nc1ccc(C(N)=O)cc1)c1ccccc1Cl. The Hall–Kier alpha value is -2.58. The summed E-state index contributed by atoms with van der Waals surface area (Å²) in [6.45, 7) is -0.444. The number of primary amides is 1. The van der Waals surface area contributed by atoms with Gasteiger partial charge in [-0.1, -0.05) is 23.7 Å². The fraction of sp³-hybridized carbons (Fsp3) is 0.125. The highest BCUT2D eigenvalue weighted by atomic mass is 35.5. The number of nitrogens with two attached hydrogens (primary N) is 1. The Morgan fingerprint density at radius 3 is 2.24 bits per heavy atom. The maximum atomic E-state index is 12.2. The number of para-hydroxylation sites is 1. The molecule has 2 aromatic carbocycles. The molecule has 9 heteroatoms. The minimum Gasteiger partial charge on any atom is -0.366 e. The Labute approximate surface area is 150 Å². The Bertz CT molecular complexity index is 898. The van der Waals surface area contributed by atoms with Gasteiger partial charge in [0.1, 0.15) is 6.54 Å². The first-order valence-electron chi connectivity index (χ1n) is 7.10. The molecule has 0 fully saturated rings. The van der Waals surface area contributed by atoms with Crippen LogP contribution in [0.3, 0.4) is 0 Å². The van der Waals surface area contributed by atoms with E-state index in [0.717, 1.165) is 10.6 Å². The van der Waals surface area contributed by atoms with Crippen LogP contribution in [0, 0.1) is 0 Å². The zero-order valence-electron chi connectivity index (χ0n) is 13.3. The second-order valence-electron chi connectivity index (χ2n) is 5.21. The first-order chi connectivity index (χ1) is 11.7. The molecule has 0 heterocycles. The number of amides is 2. The summed E-state index contributed by atoms with van der Waals surface area (Å²) in [6.07, 6.45) is 0.991. The van der Waals surface area contributed by atoms with Gasteiger partial charge in [0.25, 0.3) is 0 Å².